The van der Waals surface area contributed by atoms with Gasteiger partial charge in [0.25, 0.3) is 10.0 Å². The molecular weight excluding hydrogens is 521 g/mol. The van der Waals surface area contributed by atoms with Crippen molar-refractivity contribution in [3.05, 3.63) is 90.2 Å². The zero-order chi connectivity index (χ0) is 28.4. The van der Waals surface area contributed by atoms with Gasteiger partial charge in [-0.2, -0.15) is 0 Å². The second-order valence-corrected chi connectivity index (χ2v) is 10.7. The number of methoxy groups -OCH3 is 1. The van der Waals surface area contributed by atoms with Crippen molar-refractivity contribution in [3.63, 3.8) is 0 Å². The van der Waals surface area contributed by atoms with Crippen molar-refractivity contribution in [2.45, 2.75) is 44.2 Å². The van der Waals surface area contributed by atoms with Gasteiger partial charge >= 0.3 is 0 Å². The van der Waals surface area contributed by atoms with E-state index in [0.29, 0.717) is 24.9 Å². The lowest BCUT2D eigenvalue weighted by atomic mass is 10.1. The van der Waals surface area contributed by atoms with Crippen molar-refractivity contribution in [1.82, 2.24) is 10.2 Å². The molecule has 0 fully saturated rings. The summed E-state index contributed by atoms with van der Waals surface area (Å²) in [5.41, 5.74) is 0.781. The Morgan fingerprint density at radius 1 is 0.949 bits per heavy atom. The molecule has 0 saturated heterocycles. The Bertz CT molecular complexity index is 1350. The molecule has 8 nitrogen and oxygen atoms in total. The van der Waals surface area contributed by atoms with E-state index in [4.69, 9.17) is 4.74 Å². The van der Waals surface area contributed by atoms with E-state index in [2.05, 4.69) is 5.32 Å². The lowest BCUT2D eigenvalue weighted by molar-refractivity contribution is -0.140. The Kier molecular flexibility index (Phi) is 10.4. The third kappa shape index (κ3) is 7.35. The quantitative estimate of drug-likeness (QED) is 0.338. The van der Waals surface area contributed by atoms with Crippen LogP contribution in [0.2, 0.25) is 0 Å². The Balaban J connectivity index is 2.07. The monoisotopic (exact) mass is 555 g/mol. The van der Waals surface area contributed by atoms with Crippen LogP contribution in [0.4, 0.5) is 10.1 Å². The highest BCUT2D eigenvalue weighted by molar-refractivity contribution is 7.92. The van der Waals surface area contributed by atoms with Crippen molar-refractivity contribution < 1.29 is 27.1 Å². The molecule has 3 rings (SSSR count). The van der Waals surface area contributed by atoms with E-state index in [1.54, 1.807) is 49.4 Å². The number of nitrogens with zero attached hydrogens (tertiary/aromatic N) is 2. The minimum atomic E-state index is -4.20. The van der Waals surface area contributed by atoms with Crippen LogP contribution in [0.15, 0.2) is 83.8 Å². The van der Waals surface area contributed by atoms with E-state index < -0.39 is 34.3 Å². The van der Waals surface area contributed by atoms with Crippen molar-refractivity contribution >= 4 is 27.5 Å². The number of carbonyl (C=O) groups excluding carboxylic acids is 2. The van der Waals surface area contributed by atoms with Crippen molar-refractivity contribution in [2.24, 2.45) is 0 Å². The Morgan fingerprint density at radius 2 is 1.59 bits per heavy atom. The average Bonchev–Trinajstić information content (AvgIpc) is 2.95. The number of halogens is 1. The molecule has 0 aliphatic heterocycles. The number of para-hydroxylation sites is 2. The first kappa shape index (κ1) is 29.6. The van der Waals surface area contributed by atoms with Crippen LogP contribution in [0.3, 0.4) is 0 Å². The maximum Gasteiger partial charge on any atom is 0.264 e. The SMILES string of the molecule is CCCNC(=O)[C@@H](CC)N(Cc1ccc(F)cc1)C(=O)CN(c1ccccc1OC)S(=O)(=O)c1ccccc1. The number of hydrogen-bond donors (Lipinski definition) is 1. The molecule has 0 bridgehead atoms. The van der Waals surface area contributed by atoms with Crippen molar-refractivity contribution in [1.29, 1.82) is 0 Å². The summed E-state index contributed by atoms with van der Waals surface area (Å²) < 4.78 is 47.7. The summed E-state index contributed by atoms with van der Waals surface area (Å²) in [7, 11) is -2.79. The first-order valence-electron chi connectivity index (χ1n) is 12.7. The van der Waals surface area contributed by atoms with Crippen molar-refractivity contribution in [3.8, 4) is 5.75 Å². The van der Waals surface area contributed by atoms with Gasteiger partial charge in [-0.15, -0.1) is 0 Å². The third-order valence-electron chi connectivity index (χ3n) is 6.17. The summed E-state index contributed by atoms with van der Waals surface area (Å²) in [5, 5.41) is 2.83. The number of rotatable bonds is 13. The number of benzene rings is 3. The van der Waals surface area contributed by atoms with E-state index in [1.807, 2.05) is 6.92 Å². The zero-order valence-corrected chi connectivity index (χ0v) is 23.2. The van der Waals surface area contributed by atoms with Gasteiger partial charge in [-0.05, 0) is 54.8 Å². The molecule has 0 aliphatic carbocycles. The number of sulfonamides is 1. The minimum absolute atomic E-state index is 0.00141. The first-order chi connectivity index (χ1) is 18.7. The highest BCUT2D eigenvalue weighted by Crippen LogP contribution is 2.32. The molecule has 0 aliphatic rings. The van der Waals surface area contributed by atoms with Gasteiger partial charge in [0.05, 0.1) is 17.7 Å². The molecule has 0 spiro atoms. The summed E-state index contributed by atoms with van der Waals surface area (Å²) in [4.78, 5) is 28.4. The van der Waals surface area contributed by atoms with Crippen LogP contribution < -0.4 is 14.4 Å². The first-order valence-corrected chi connectivity index (χ1v) is 14.2. The lowest BCUT2D eigenvalue weighted by Gasteiger charge is -2.33. The molecule has 2 amide bonds. The van der Waals surface area contributed by atoms with Crippen LogP contribution in [-0.4, -0.2) is 51.4 Å². The molecule has 0 saturated carbocycles. The molecule has 3 aromatic carbocycles. The second kappa shape index (κ2) is 13.7. The van der Waals surface area contributed by atoms with Crippen LogP contribution >= 0.6 is 0 Å². The molecule has 1 N–H and O–H groups in total. The van der Waals surface area contributed by atoms with Gasteiger partial charge in [0.1, 0.15) is 24.2 Å². The number of ether oxygens (including phenoxy) is 1. The van der Waals surface area contributed by atoms with Crippen LogP contribution in [0.1, 0.15) is 32.3 Å². The summed E-state index contributed by atoms with van der Waals surface area (Å²) in [6.07, 6.45) is 1.01. The maximum atomic E-state index is 14.0. The second-order valence-electron chi connectivity index (χ2n) is 8.86. The lowest BCUT2D eigenvalue weighted by Crippen LogP contribution is -2.52. The molecule has 208 valence electrons. The molecule has 0 heterocycles. The predicted octanol–water partition coefficient (Wildman–Crippen LogP) is 4.36. The van der Waals surface area contributed by atoms with Crippen LogP contribution in [-0.2, 0) is 26.2 Å². The third-order valence-corrected chi connectivity index (χ3v) is 7.94. The molecule has 0 unspecified atom stereocenters. The largest absolute Gasteiger partial charge is 0.495 e. The molecule has 0 radical (unpaired) electrons. The van der Waals surface area contributed by atoms with Gasteiger partial charge in [0, 0.05) is 13.1 Å². The fourth-order valence-corrected chi connectivity index (χ4v) is 5.59. The number of amides is 2. The topological polar surface area (TPSA) is 96.0 Å². The predicted molar refractivity (Wildman–Crippen MR) is 148 cm³/mol. The van der Waals surface area contributed by atoms with Crippen LogP contribution in [0.25, 0.3) is 0 Å². The fraction of sp³-hybridized carbons (Fsp3) is 0.310. The Hall–Kier alpha value is -3.92. The fourth-order valence-electron chi connectivity index (χ4n) is 4.14. The van der Waals surface area contributed by atoms with E-state index in [1.165, 1.54) is 48.4 Å². The van der Waals surface area contributed by atoms with E-state index >= 15 is 0 Å². The van der Waals surface area contributed by atoms with E-state index in [-0.39, 0.29) is 28.8 Å². The van der Waals surface area contributed by atoms with E-state index in [9.17, 15) is 22.4 Å². The normalized spacial score (nSPS) is 11.9. The molecule has 1 atom stereocenters. The summed E-state index contributed by atoms with van der Waals surface area (Å²) in [6.45, 7) is 3.53. The maximum absolute atomic E-state index is 14.0. The number of hydrogen-bond acceptors (Lipinski definition) is 5. The average molecular weight is 556 g/mol. The number of anilines is 1. The number of nitrogens with one attached hydrogen (secondary N) is 1. The molecule has 10 heteroatoms. The van der Waals surface area contributed by atoms with Crippen LogP contribution in [0.5, 0.6) is 5.75 Å². The number of carbonyl (C=O) groups is 2. The summed E-state index contributed by atoms with van der Waals surface area (Å²) in [6, 6.07) is 19.1. The molecular formula is C29H34FN3O5S. The minimum Gasteiger partial charge on any atom is -0.495 e. The molecule has 0 aromatic heterocycles. The summed E-state index contributed by atoms with van der Waals surface area (Å²) in [5.74, 6) is -1.10. The molecule has 3 aromatic rings. The smallest absolute Gasteiger partial charge is 0.264 e. The standard InChI is InChI=1S/C29H34FN3O5S/c1-4-19-31-29(35)25(5-2)32(20-22-15-17-23(30)18-16-22)28(34)21-33(26-13-9-10-14-27(26)38-3)39(36,37)24-11-7-6-8-12-24/h6-18,25H,4-5,19-21H2,1-3H3,(H,31,35)/t25-/m1/s1. The van der Waals surface area contributed by atoms with Gasteiger partial charge < -0.3 is 15.0 Å². The highest BCUT2D eigenvalue weighted by atomic mass is 32.2. The van der Waals surface area contributed by atoms with Gasteiger partial charge in [-0.25, -0.2) is 12.8 Å². The van der Waals surface area contributed by atoms with Gasteiger partial charge in [0.2, 0.25) is 11.8 Å². The van der Waals surface area contributed by atoms with Gasteiger partial charge in [-0.1, -0.05) is 56.3 Å². The zero-order valence-electron chi connectivity index (χ0n) is 22.3. The Morgan fingerprint density at radius 3 is 2.21 bits per heavy atom. The van der Waals surface area contributed by atoms with E-state index in [0.717, 1.165) is 4.31 Å². The van der Waals surface area contributed by atoms with Gasteiger partial charge in [0.15, 0.2) is 0 Å². The Labute approximate surface area is 229 Å². The van der Waals surface area contributed by atoms with Crippen molar-refractivity contribution in [2.75, 3.05) is 24.5 Å². The molecule has 39 heavy (non-hydrogen) atoms. The summed E-state index contributed by atoms with van der Waals surface area (Å²) >= 11 is 0. The van der Waals surface area contributed by atoms with Gasteiger partial charge in [-0.3, -0.25) is 13.9 Å². The van der Waals surface area contributed by atoms with Crippen LogP contribution in [0, 0.1) is 5.82 Å². The highest BCUT2D eigenvalue weighted by Gasteiger charge is 2.34.